The first-order valence-electron chi connectivity index (χ1n) is 7.59. The molecule has 1 fully saturated rings. The fraction of sp³-hybridized carbons (Fsp3) is 0.471. The van der Waals surface area contributed by atoms with Crippen LogP contribution in [0.4, 0.5) is 30.7 Å². The second kappa shape index (κ2) is 6.39. The summed E-state index contributed by atoms with van der Waals surface area (Å²) in [5.74, 6) is -10.1. The second-order valence-electron chi connectivity index (χ2n) is 6.98. The van der Waals surface area contributed by atoms with E-state index in [1.807, 2.05) is 0 Å². The standard InChI is InChI=1S/C17H14ClF7O2/c1-6-10(19)12(21)7(13(22)11(6)20)4-8-15(2,3)16(8,14(26)27)5-9(18)17(23,24)25/h5,8H,4H2,1-3H3,(H,26,27)/p-1/b9-5-. The summed E-state index contributed by atoms with van der Waals surface area (Å²) in [6.45, 7) is 3.25. The highest BCUT2D eigenvalue weighted by Gasteiger charge is 2.71. The molecule has 1 aliphatic rings. The first kappa shape index (κ1) is 21.5. The molecule has 150 valence electrons. The van der Waals surface area contributed by atoms with Gasteiger partial charge in [-0.05, 0) is 30.8 Å². The van der Waals surface area contributed by atoms with Crippen molar-refractivity contribution in [1.82, 2.24) is 0 Å². The largest absolute Gasteiger partial charge is 0.549 e. The minimum Gasteiger partial charge on any atom is -0.549 e. The van der Waals surface area contributed by atoms with E-state index in [4.69, 9.17) is 11.6 Å². The molecule has 1 saturated carbocycles. The molecule has 2 unspecified atom stereocenters. The Morgan fingerprint density at radius 1 is 1.11 bits per heavy atom. The van der Waals surface area contributed by atoms with E-state index < -0.39 is 74.7 Å². The number of rotatable bonds is 4. The zero-order valence-electron chi connectivity index (χ0n) is 14.2. The maximum atomic E-state index is 14.1. The molecule has 27 heavy (non-hydrogen) atoms. The van der Waals surface area contributed by atoms with Gasteiger partial charge in [-0.1, -0.05) is 25.4 Å². The Labute approximate surface area is 154 Å². The highest BCUT2D eigenvalue weighted by Crippen LogP contribution is 2.71. The maximum Gasteiger partial charge on any atom is 0.426 e. The number of halogens is 8. The number of aliphatic carboxylic acids is 1. The Bertz CT molecular complexity index is 816. The average Bonchev–Trinajstić information content (AvgIpc) is 3.02. The summed E-state index contributed by atoms with van der Waals surface area (Å²) in [7, 11) is 0. The number of carbonyl (C=O) groups excluding carboxylic acids is 1. The summed E-state index contributed by atoms with van der Waals surface area (Å²) in [6.07, 6.45) is -5.71. The number of allylic oxidation sites excluding steroid dienone is 1. The molecule has 1 aromatic rings. The van der Waals surface area contributed by atoms with Crippen molar-refractivity contribution in [3.8, 4) is 0 Å². The van der Waals surface area contributed by atoms with Crippen LogP contribution >= 0.6 is 11.6 Å². The quantitative estimate of drug-likeness (QED) is 0.545. The lowest BCUT2D eigenvalue weighted by Gasteiger charge is -2.19. The Morgan fingerprint density at radius 2 is 1.56 bits per heavy atom. The van der Waals surface area contributed by atoms with E-state index >= 15 is 0 Å². The Kier molecular flexibility index (Phi) is 5.10. The molecular formula is C17H13ClF7O2-. The zero-order valence-corrected chi connectivity index (χ0v) is 15.0. The minimum atomic E-state index is -5.05. The fourth-order valence-electron chi connectivity index (χ4n) is 3.53. The van der Waals surface area contributed by atoms with Gasteiger partial charge in [-0.2, -0.15) is 13.2 Å². The smallest absolute Gasteiger partial charge is 0.426 e. The van der Waals surface area contributed by atoms with Crippen molar-refractivity contribution in [2.45, 2.75) is 33.4 Å². The lowest BCUT2D eigenvalue weighted by Crippen LogP contribution is -2.36. The van der Waals surface area contributed by atoms with Gasteiger partial charge in [0.15, 0.2) is 23.3 Å². The van der Waals surface area contributed by atoms with E-state index in [9.17, 15) is 40.6 Å². The summed E-state index contributed by atoms with van der Waals surface area (Å²) in [4.78, 5) is 11.6. The first-order chi connectivity index (χ1) is 12.1. The van der Waals surface area contributed by atoms with Crippen LogP contribution in [0, 0.1) is 46.9 Å². The normalized spacial score (nSPS) is 24.9. The third-order valence-corrected chi connectivity index (χ3v) is 5.67. The van der Waals surface area contributed by atoms with Crippen LogP contribution in [-0.2, 0) is 11.2 Å². The van der Waals surface area contributed by atoms with Gasteiger partial charge in [-0.15, -0.1) is 0 Å². The van der Waals surface area contributed by atoms with E-state index in [1.54, 1.807) is 0 Å². The summed E-state index contributed by atoms with van der Waals surface area (Å²) in [5.41, 5.74) is -5.80. The lowest BCUT2D eigenvalue weighted by molar-refractivity contribution is -0.313. The van der Waals surface area contributed by atoms with E-state index in [2.05, 4.69) is 0 Å². The number of carboxylic acid groups (broad SMARTS) is 1. The number of hydrogen-bond acceptors (Lipinski definition) is 2. The van der Waals surface area contributed by atoms with Crippen LogP contribution in [0.25, 0.3) is 0 Å². The van der Waals surface area contributed by atoms with Crippen LogP contribution in [0.3, 0.4) is 0 Å². The molecule has 2 rings (SSSR count). The van der Waals surface area contributed by atoms with Gasteiger partial charge in [-0.25, -0.2) is 17.6 Å². The van der Waals surface area contributed by atoms with Crippen molar-refractivity contribution < 1.29 is 40.6 Å². The molecule has 0 heterocycles. The van der Waals surface area contributed by atoms with Gasteiger partial charge in [0.25, 0.3) is 0 Å². The molecule has 1 aromatic carbocycles. The van der Waals surface area contributed by atoms with Gasteiger partial charge in [0.05, 0.1) is 5.97 Å². The summed E-state index contributed by atoms with van der Waals surface area (Å²) < 4.78 is 93.8. The molecular weight excluding hydrogens is 405 g/mol. The molecule has 10 heteroatoms. The first-order valence-corrected chi connectivity index (χ1v) is 7.96. The number of hydrogen-bond donors (Lipinski definition) is 0. The number of carboxylic acids is 1. The Balaban J connectivity index is 2.57. The van der Waals surface area contributed by atoms with Crippen LogP contribution in [0.2, 0.25) is 0 Å². The van der Waals surface area contributed by atoms with E-state index in [0.717, 1.165) is 6.92 Å². The van der Waals surface area contributed by atoms with Crippen molar-refractivity contribution in [2.24, 2.45) is 16.7 Å². The van der Waals surface area contributed by atoms with Gasteiger partial charge in [-0.3, -0.25) is 0 Å². The molecule has 2 nitrogen and oxygen atoms in total. The predicted molar refractivity (Wildman–Crippen MR) is 79.4 cm³/mol. The van der Waals surface area contributed by atoms with Crippen LogP contribution in [0.5, 0.6) is 0 Å². The van der Waals surface area contributed by atoms with E-state index in [-0.39, 0.29) is 6.08 Å². The topological polar surface area (TPSA) is 40.1 Å². The van der Waals surface area contributed by atoms with Crippen molar-refractivity contribution in [2.75, 3.05) is 0 Å². The summed E-state index contributed by atoms with van der Waals surface area (Å²) in [5, 5.41) is 9.86. The van der Waals surface area contributed by atoms with Crippen LogP contribution in [-0.4, -0.2) is 12.1 Å². The lowest BCUT2D eigenvalue weighted by atomic mass is 9.94. The monoisotopic (exact) mass is 417 g/mol. The Morgan fingerprint density at radius 3 is 1.93 bits per heavy atom. The minimum absolute atomic E-state index is 0.214. The van der Waals surface area contributed by atoms with Gasteiger partial charge in [0.2, 0.25) is 0 Å². The molecule has 0 radical (unpaired) electrons. The summed E-state index contributed by atoms with van der Waals surface area (Å²) in [6, 6.07) is 0. The molecule has 2 atom stereocenters. The molecule has 0 amide bonds. The molecule has 0 N–H and O–H groups in total. The van der Waals surface area contributed by atoms with Crippen molar-refractivity contribution in [3.63, 3.8) is 0 Å². The summed E-state index contributed by atoms with van der Waals surface area (Å²) >= 11 is 5.13. The van der Waals surface area contributed by atoms with E-state index in [0.29, 0.717) is 0 Å². The van der Waals surface area contributed by atoms with Crippen LogP contribution < -0.4 is 5.11 Å². The average molecular weight is 418 g/mol. The highest BCUT2D eigenvalue weighted by molar-refractivity contribution is 6.30. The molecule has 0 bridgehead atoms. The van der Waals surface area contributed by atoms with E-state index in [1.165, 1.54) is 13.8 Å². The van der Waals surface area contributed by atoms with Gasteiger partial charge in [0.1, 0.15) is 5.03 Å². The van der Waals surface area contributed by atoms with Crippen LogP contribution in [0.1, 0.15) is 25.0 Å². The van der Waals surface area contributed by atoms with Crippen LogP contribution in [0.15, 0.2) is 11.1 Å². The molecule has 0 aliphatic heterocycles. The molecule has 0 aromatic heterocycles. The SMILES string of the molecule is Cc1c(F)c(F)c(CC2C(C)(C)C2(/C=C(\Cl)C(F)(F)F)C(=O)[O-])c(F)c1F. The highest BCUT2D eigenvalue weighted by atomic mass is 35.5. The molecule has 0 spiro atoms. The van der Waals surface area contributed by atoms with Gasteiger partial charge >= 0.3 is 6.18 Å². The maximum absolute atomic E-state index is 14.1. The zero-order chi connectivity index (χ0) is 21.1. The fourth-order valence-corrected chi connectivity index (χ4v) is 3.70. The van der Waals surface area contributed by atoms with Crippen molar-refractivity contribution in [1.29, 1.82) is 0 Å². The molecule has 0 saturated heterocycles. The van der Waals surface area contributed by atoms with Gasteiger partial charge in [0, 0.05) is 16.5 Å². The number of benzene rings is 1. The third kappa shape index (κ3) is 3.09. The number of alkyl halides is 3. The Hall–Kier alpha value is -1.77. The van der Waals surface area contributed by atoms with Crippen molar-refractivity contribution >= 4 is 17.6 Å². The molecule has 1 aliphatic carbocycles. The second-order valence-corrected chi connectivity index (χ2v) is 7.39. The van der Waals surface area contributed by atoms with Gasteiger partial charge < -0.3 is 9.90 Å². The number of carbonyl (C=O) groups is 1. The predicted octanol–water partition coefficient (Wildman–Crippen LogP) is 4.17. The third-order valence-electron chi connectivity index (χ3n) is 5.35. The van der Waals surface area contributed by atoms with Crippen molar-refractivity contribution in [3.05, 3.63) is 45.5 Å².